The molecule has 2 aliphatic heterocycles. The highest BCUT2D eigenvalue weighted by Gasteiger charge is 2.16. The molecule has 0 bridgehead atoms. The molecule has 1 aromatic rings. The van der Waals surface area contributed by atoms with Gasteiger partial charge in [0.05, 0.1) is 13.2 Å². The molecule has 0 spiro atoms. The summed E-state index contributed by atoms with van der Waals surface area (Å²) in [5, 5.41) is 6.40. The van der Waals surface area contributed by atoms with Gasteiger partial charge in [-0.2, -0.15) is 0 Å². The Kier molecular flexibility index (Phi) is 3.80. The van der Waals surface area contributed by atoms with Crippen molar-refractivity contribution in [2.75, 3.05) is 25.1 Å². The van der Waals surface area contributed by atoms with Gasteiger partial charge < -0.3 is 15.4 Å². The van der Waals surface area contributed by atoms with Gasteiger partial charge >= 0.3 is 0 Å². The van der Waals surface area contributed by atoms with Crippen LogP contribution in [-0.4, -0.2) is 31.7 Å². The second kappa shape index (κ2) is 5.72. The summed E-state index contributed by atoms with van der Waals surface area (Å²) >= 11 is 0. The van der Waals surface area contributed by atoms with Gasteiger partial charge in [0.15, 0.2) is 0 Å². The van der Waals surface area contributed by atoms with Crippen molar-refractivity contribution in [2.24, 2.45) is 0 Å². The van der Waals surface area contributed by atoms with Crippen LogP contribution in [0.4, 0.5) is 5.69 Å². The van der Waals surface area contributed by atoms with Crippen molar-refractivity contribution in [1.82, 2.24) is 5.32 Å². The summed E-state index contributed by atoms with van der Waals surface area (Å²) in [6, 6.07) is 6.86. The normalized spacial score (nSPS) is 22.7. The second-order valence-corrected chi connectivity index (χ2v) is 5.30. The average molecular weight is 260 g/mol. The average Bonchev–Trinajstić information content (AvgIpc) is 2.46. The summed E-state index contributed by atoms with van der Waals surface area (Å²) < 4.78 is 5.46. The summed E-state index contributed by atoms with van der Waals surface area (Å²) in [7, 11) is 0. The number of rotatable bonds is 3. The van der Waals surface area contributed by atoms with Gasteiger partial charge in [0.25, 0.3) is 0 Å². The maximum absolute atomic E-state index is 11.3. The summed E-state index contributed by atoms with van der Waals surface area (Å²) in [5.41, 5.74) is 3.60. The number of aryl methyl sites for hydroxylation is 2. The van der Waals surface area contributed by atoms with Crippen LogP contribution in [0.25, 0.3) is 0 Å². The quantitative estimate of drug-likeness (QED) is 0.866. The molecular weight excluding hydrogens is 240 g/mol. The Hall–Kier alpha value is -1.39. The minimum Gasteiger partial charge on any atom is -0.379 e. The summed E-state index contributed by atoms with van der Waals surface area (Å²) in [6.45, 7) is 2.61. The zero-order valence-electron chi connectivity index (χ0n) is 11.1. The third kappa shape index (κ3) is 3.14. The van der Waals surface area contributed by atoms with E-state index in [1.54, 1.807) is 0 Å². The smallest absolute Gasteiger partial charge is 0.224 e. The third-order valence-electron chi connectivity index (χ3n) is 3.85. The maximum Gasteiger partial charge on any atom is 0.224 e. The molecular formula is C15H20N2O2. The standard InChI is InChI=1S/C15H20N2O2/c18-15-6-3-12-9-11(2-5-14(12)17-15)1-4-13-10-19-8-7-16-13/h2,5,9,13,16H,1,3-4,6-8,10H2,(H,17,18). The Labute approximate surface area is 113 Å². The number of anilines is 1. The number of hydrogen-bond acceptors (Lipinski definition) is 3. The molecule has 4 nitrogen and oxygen atoms in total. The van der Waals surface area contributed by atoms with Crippen LogP contribution in [0.2, 0.25) is 0 Å². The molecule has 0 aliphatic carbocycles. The summed E-state index contributed by atoms with van der Waals surface area (Å²) in [6.07, 6.45) is 3.63. The van der Waals surface area contributed by atoms with Gasteiger partial charge in [-0.15, -0.1) is 0 Å². The molecule has 1 atom stereocenters. The Morgan fingerprint density at radius 2 is 2.26 bits per heavy atom. The van der Waals surface area contributed by atoms with E-state index in [-0.39, 0.29) is 5.91 Å². The van der Waals surface area contributed by atoms with E-state index in [0.717, 1.165) is 44.7 Å². The zero-order valence-corrected chi connectivity index (χ0v) is 11.1. The molecule has 1 fully saturated rings. The van der Waals surface area contributed by atoms with E-state index < -0.39 is 0 Å². The first-order valence-electron chi connectivity index (χ1n) is 7.04. The Balaban J connectivity index is 1.60. The van der Waals surface area contributed by atoms with Crippen molar-refractivity contribution >= 4 is 11.6 Å². The molecule has 1 unspecified atom stereocenters. The topological polar surface area (TPSA) is 50.4 Å². The minimum atomic E-state index is 0.129. The van der Waals surface area contributed by atoms with Gasteiger partial charge in [0.2, 0.25) is 5.91 Å². The Bertz CT molecular complexity index is 467. The predicted octanol–water partition coefficient (Wildman–Crippen LogP) is 1.49. The molecule has 0 aromatic heterocycles. The van der Waals surface area contributed by atoms with Crippen LogP contribution in [-0.2, 0) is 22.4 Å². The molecule has 1 saturated heterocycles. The highest BCUT2D eigenvalue weighted by atomic mass is 16.5. The lowest BCUT2D eigenvalue weighted by Crippen LogP contribution is -2.41. The molecule has 19 heavy (non-hydrogen) atoms. The Morgan fingerprint density at radius 3 is 3.11 bits per heavy atom. The lowest BCUT2D eigenvalue weighted by molar-refractivity contribution is -0.116. The van der Waals surface area contributed by atoms with Gasteiger partial charge in [0, 0.05) is 24.7 Å². The van der Waals surface area contributed by atoms with Crippen LogP contribution in [0.5, 0.6) is 0 Å². The molecule has 2 N–H and O–H groups in total. The number of benzene rings is 1. The second-order valence-electron chi connectivity index (χ2n) is 5.30. The Morgan fingerprint density at radius 1 is 1.32 bits per heavy atom. The lowest BCUT2D eigenvalue weighted by atomic mass is 9.97. The number of carbonyl (C=O) groups excluding carboxylic acids is 1. The van der Waals surface area contributed by atoms with E-state index in [9.17, 15) is 4.79 Å². The van der Waals surface area contributed by atoms with E-state index in [4.69, 9.17) is 4.74 Å². The molecule has 3 rings (SSSR count). The lowest BCUT2D eigenvalue weighted by Gasteiger charge is -2.24. The highest BCUT2D eigenvalue weighted by molar-refractivity contribution is 5.93. The first-order chi connectivity index (χ1) is 9.31. The van der Waals surface area contributed by atoms with E-state index in [1.807, 2.05) is 6.07 Å². The van der Waals surface area contributed by atoms with Crippen molar-refractivity contribution in [1.29, 1.82) is 0 Å². The van der Waals surface area contributed by atoms with Gasteiger partial charge in [-0.3, -0.25) is 4.79 Å². The summed E-state index contributed by atoms with van der Waals surface area (Å²) in [4.78, 5) is 11.3. The van der Waals surface area contributed by atoms with Crippen LogP contribution >= 0.6 is 0 Å². The number of fused-ring (bicyclic) bond motifs is 1. The number of amides is 1. The minimum absolute atomic E-state index is 0.129. The molecule has 0 saturated carbocycles. The monoisotopic (exact) mass is 260 g/mol. The highest BCUT2D eigenvalue weighted by Crippen LogP contribution is 2.24. The van der Waals surface area contributed by atoms with Gasteiger partial charge in [-0.1, -0.05) is 12.1 Å². The summed E-state index contributed by atoms with van der Waals surface area (Å²) in [5.74, 6) is 0.129. The first kappa shape index (κ1) is 12.6. The molecule has 2 aliphatic rings. The van der Waals surface area contributed by atoms with Crippen LogP contribution in [0, 0.1) is 0 Å². The third-order valence-corrected chi connectivity index (χ3v) is 3.85. The molecule has 0 radical (unpaired) electrons. The van der Waals surface area contributed by atoms with Crippen LogP contribution in [0.15, 0.2) is 18.2 Å². The maximum atomic E-state index is 11.3. The number of ether oxygens (including phenoxy) is 1. The van der Waals surface area contributed by atoms with Crippen LogP contribution in [0.1, 0.15) is 24.0 Å². The van der Waals surface area contributed by atoms with Crippen molar-refractivity contribution in [3.8, 4) is 0 Å². The molecule has 102 valence electrons. The fourth-order valence-electron chi connectivity index (χ4n) is 2.74. The molecule has 1 aromatic carbocycles. The van der Waals surface area contributed by atoms with Crippen molar-refractivity contribution in [2.45, 2.75) is 31.7 Å². The zero-order chi connectivity index (χ0) is 13.1. The molecule has 4 heteroatoms. The van der Waals surface area contributed by atoms with E-state index in [2.05, 4.69) is 22.8 Å². The van der Waals surface area contributed by atoms with Gasteiger partial charge in [0.1, 0.15) is 0 Å². The van der Waals surface area contributed by atoms with Crippen LogP contribution < -0.4 is 10.6 Å². The van der Waals surface area contributed by atoms with Gasteiger partial charge in [-0.05, 0) is 36.5 Å². The number of nitrogens with one attached hydrogen (secondary N) is 2. The SMILES string of the molecule is O=C1CCc2cc(CCC3COCCN3)ccc2N1. The van der Waals surface area contributed by atoms with Crippen molar-refractivity contribution in [3.63, 3.8) is 0 Å². The van der Waals surface area contributed by atoms with E-state index in [1.165, 1.54) is 11.1 Å². The largest absolute Gasteiger partial charge is 0.379 e. The van der Waals surface area contributed by atoms with E-state index >= 15 is 0 Å². The molecule has 2 heterocycles. The van der Waals surface area contributed by atoms with Crippen molar-refractivity contribution < 1.29 is 9.53 Å². The fraction of sp³-hybridized carbons (Fsp3) is 0.533. The van der Waals surface area contributed by atoms with Gasteiger partial charge in [-0.25, -0.2) is 0 Å². The number of morpholine rings is 1. The van der Waals surface area contributed by atoms with Crippen LogP contribution in [0.3, 0.4) is 0 Å². The first-order valence-corrected chi connectivity index (χ1v) is 7.04. The number of carbonyl (C=O) groups is 1. The van der Waals surface area contributed by atoms with E-state index in [0.29, 0.717) is 12.5 Å². The van der Waals surface area contributed by atoms with Crippen molar-refractivity contribution in [3.05, 3.63) is 29.3 Å². The molecule has 1 amide bonds. The predicted molar refractivity (Wildman–Crippen MR) is 74.3 cm³/mol. The fourth-order valence-corrected chi connectivity index (χ4v) is 2.74. The number of hydrogen-bond donors (Lipinski definition) is 2.